The SMILES string of the molecule is COc1cc(/C=C/C(=O)OC(C)C(=O)Nc2ccc([N+](=O)[O-])cc2C(F)(F)F)ccc1O. The number of nitro benzene ring substituents is 1. The number of methoxy groups -OCH3 is 1. The Morgan fingerprint density at radius 2 is 1.91 bits per heavy atom. The Hall–Kier alpha value is -4.09. The van der Waals surface area contributed by atoms with E-state index < -0.39 is 46.0 Å². The van der Waals surface area contributed by atoms with Gasteiger partial charge >= 0.3 is 12.1 Å². The number of phenols is 1. The number of hydrogen-bond acceptors (Lipinski definition) is 7. The summed E-state index contributed by atoms with van der Waals surface area (Å²) in [6.07, 6.45) is -4.16. The number of nitrogens with zero attached hydrogens (tertiary/aromatic N) is 1. The minimum Gasteiger partial charge on any atom is -0.504 e. The lowest BCUT2D eigenvalue weighted by atomic mass is 10.1. The van der Waals surface area contributed by atoms with E-state index >= 15 is 0 Å². The molecule has 0 saturated carbocycles. The molecule has 0 aromatic heterocycles. The van der Waals surface area contributed by atoms with Crippen LogP contribution in [0.1, 0.15) is 18.1 Å². The Morgan fingerprint density at radius 3 is 2.50 bits per heavy atom. The fourth-order valence-electron chi connectivity index (χ4n) is 2.45. The summed E-state index contributed by atoms with van der Waals surface area (Å²) in [6, 6.07) is 6.08. The van der Waals surface area contributed by atoms with Crippen molar-refractivity contribution in [1.82, 2.24) is 0 Å². The van der Waals surface area contributed by atoms with Crippen molar-refractivity contribution in [2.75, 3.05) is 12.4 Å². The first-order chi connectivity index (χ1) is 14.9. The van der Waals surface area contributed by atoms with Crippen LogP contribution in [0.3, 0.4) is 0 Å². The van der Waals surface area contributed by atoms with Crippen molar-refractivity contribution in [3.8, 4) is 11.5 Å². The van der Waals surface area contributed by atoms with E-state index in [9.17, 15) is 38.0 Å². The number of nitro groups is 1. The second-order valence-electron chi connectivity index (χ2n) is 6.32. The Balaban J connectivity index is 2.08. The van der Waals surface area contributed by atoms with Gasteiger partial charge in [0.05, 0.1) is 23.3 Å². The maximum absolute atomic E-state index is 13.2. The van der Waals surface area contributed by atoms with Crippen molar-refractivity contribution in [2.45, 2.75) is 19.2 Å². The highest BCUT2D eigenvalue weighted by Crippen LogP contribution is 2.37. The number of rotatable bonds is 7. The number of halogens is 3. The fourth-order valence-corrected chi connectivity index (χ4v) is 2.45. The molecule has 2 N–H and O–H groups in total. The summed E-state index contributed by atoms with van der Waals surface area (Å²) in [7, 11) is 1.34. The molecular formula is C20H17F3N2O7. The lowest BCUT2D eigenvalue weighted by Crippen LogP contribution is -2.30. The van der Waals surface area contributed by atoms with Crippen molar-refractivity contribution in [2.24, 2.45) is 0 Å². The first-order valence-electron chi connectivity index (χ1n) is 8.84. The van der Waals surface area contributed by atoms with Crippen LogP contribution in [-0.2, 0) is 20.5 Å². The molecule has 1 amide bonds. The average Bonchev–Trinajstić information content (AvgIpc) is 2.72. The molecular weight excluding hydrogens is 437 g/mol. The zero-order valence-electron chi connectivity index (χ0n) is 16.7. The number of anilines is 1. The normalized spacial score (nSPS) is 12.3. The van der Waals surface area contributed by atoms with Crippen molar-refractivity contribution in [3.63, 3.8) is 0 Å². The summed E-state index contributed by atoms with van der Waals surface area (Å²) in [5, 5.41) is 22.2. The molecule has 0 aliphatic heterocycles. The maximum Gasteiger partial charge on any atom is 0.418 e. The minimum atomic E-state index is -4.97. The Morgan fingerprint density at radius 1 is 1.22 bits per heavy atom. The number of ether oxygens (including phenoxy) is 2. The van der Waals surface area contributed by atoms with Crippen LogP contribution in [0.4, 0.5) is 24.5 Å². The molecule has 0 spiro atoms. The molecule has 9 nitrogen and oxygen atoms in total. The molecule has 32 heavy (non-hydrogen) atoms. The highest BCUT2D eigenvalue weighted by molar-refractivity contribution is 5.97. The predicted molar refractivity (Wildman–Crippen MR) is 106 cm³/mol. The summed E-state index contributed by atoms with van der Waals surface area (Å²) in [5.74, 6) is -1.98. The summed E-state index contributed by atoms with van der Waals surface area (Å²) in [4.78, 5) is 33.8. The van der Waals surface area contributed by atoms with E-state index in [1.165, 1.54) is 31.4 Å². The summed E-state index contributed by atoms with van der Waals surface area (Å²) in [5.41, 5.74) is -2.47. The first-order valence-corrected chi connectivity index (χ1v) is 8.84. The minimum absolute atomic E-state index is 0.109. The van der Waals surface area contributed by atoms with Crippen LogP contribution in [0.2, 0.25) is 0 Å². The zero-order valence-corrected chi connectivity index (χ0v) is 16.7. The van der Waals surface area contributed by atoms with Gasteiger partial charge in [-0.15, -0.1) is 0 Å². The third-order valence-corrected chi connectivity index (χ3v) is 4.06. The maximum atomic E-state index is 13.2. The van der Waals surface area contributed by atoms with Gasteiger partial charge in [-0.3, -0.25) is 14.9 Å². The Kier molecular flexibility index (Phi) is 7.41. The number of benzene rings is 2. The second-order valence-corrected chi connectivity index (χ2v) is 6.32. The van der Waals surface area contributed by atoms with E-state index in [0.717, 1.165) is 25.1 Å². The van der Waals surface area contributed by atoms with E-state index in [1.807, 2.05) is 5.32 Å². The smallest absolute Gasteiger partial charge is 0.418 e. The van der Waals surface area contributed by atoms with E-state index in [0.29, 0.717) is 11.6 Å². The van der Waals surface area contributed by atoms with E-state index in [1.54, 1.807) is 0 Å². The fraction of sp³-hybridized carbons (Fsp3) is 0.200. The Bertz CT molecular complexity index is 1070. The van der Waals surface area contributed by atoms with Crippen LogP contribution < -0.4 is 10.1 Å². The van der Waals surface area contributed by atoms with Gasteiger partial charge in [0.1, 0.15) is 0 Å². The number of non-ortho nitro benzene ring substituents is 1. The molecule has 1 atom stereocenters. The molecule has 0 fully saturated rings. The van der Waals surface area contributed by atoms with Crippen LogP contribution in [-0.4, -0.2) is 35.1 Å². The monoisotopic (exact) mass is 454 g/mol. The van der Waals surface area contributed by atoms with E-state index in [2.05, 4.69) is 0 Å². The summed E-state index contributed by atoms with van der Waals surface area (Å²) in [6.45, 7) is 1.14. The number of esters is 1. The third kappa shape index (κ3) is 6.20. The number of carbonyl (C=O) groups excluding carboxylic acids is 2. The Labute approximate surface area is 179 Å². The van der Waals surface area contributed by atoms with Gasteiger partial charge in [-0.2, -0.15) is 13.2 Å². The lowest BCUT2D eigenvalue weighted by molar-refractivity contribution is -0.385. The number of phenolic OH excluding ortho intramolecular Hbond substituents is 1. The molecule has 2 aromatic rings. The van der Waals surface area contributed by atoms with Gasteiger partial charge in [0.2, 0.25) is 0 Å². The number of aromatic hydroxyl groups is 1. The molecule has 0 heterocycles. The van der Waals surface area contributed by atoms with Crippen molar-refractivity contribution in [1.29, 1.82) is 0 Å². The van der Waals surface area contributed by atoms with Crippen LogP contribution in [0.5, 0.6) is 11.5 Å². The molecule has 0 aliphatic carbocycles. The topological polar surface area (TPSA) is 128 Å². The molecule has 12 heteroatoms. The molecule has 1 unspecified atom stereocenters. The highest BCUT2D eigenvalue weighted by atomic mass is 19.4. The molecule has 0 bridgehead atoms. The van der Waals surface area contributed by atoms with Crippen molar-refractivity contribution in [3.05, 3.63) is 63.7 Å². The van der Waals surface area contributed by atoms with Crippen molar-refractivity contribution < 1.29 is 42.3 Å². The van der Waals surface area contributed by atoms with Crippen LogP contribution in [0.15, 0.2) is 42.5 Å². The number of alkyl halides is 3. The second kappa shape index (κ2) is 9.81. The van der Waals surface area contributed by atoms with Gasteiger partial charge in [0.15, 0.2) is 17.6 Å². The van der Waals surface area contributed by atoms with Gasteiger partial charge in [0, 0.05) is 18.2 Å². The number of nitrogens with one attached hydrogen (secondary N) is 1. The summed E-state index contributed by atoms with van der Waals surface area (Å²) < 4.78 is 49.4. The number of amides is 1. The lowest BCUT2D eigenvalue weighted by Gasteiger charge is -2.16. The largest absolute Gasteiger partial charge is 0.504 e. The van der Waals surface area contributed by atoms with Gasteiger partial charge in [-0.05, 0) is 36.8 Å². The van der Waals surface area contributed by atoms with Crippen molar-refractivity contribution >= 4 is 29.3 Å². The molecule has 2 rings (SSSR count). The van der Waals surface area contributed by atoms with Crippen LogP contribution in [0.25, 0.3) is 6.08 Å². The van der Waals surface area contributed by atoms with Gasteiger partial charge in [-0.1, -0.05) is 6.07 Å². The standard InChI is InChI=1S/C20H17F3N2O7/c1-11(32-18(27)8-4-12-3-7-16(26)17(9-12)31-2)19(28)24-15-6-5-13(25(29)30)10-14(15)20(21,22)23/h3-11,26H,1-2H3,(H,24,28)/b8-4+. The third-order valence-electron chi connectivity index (χ3n) is 4.06. The van der Waals surface area contributed by atoms with Crippen LogP contribution in [0, 0.1) is 10.1 Å². The summed E-state index contributed by atoms with van der Waals surface area (Å²) >= 11 is 0. The van der Waals surface area contributed by atoms with Gasteiger partial charge in [-0.25, -0.2) is 4.79 Å². The quantitative estimate of drug-likeness (QED) is 0.281. The first kappa shape index (κ1) is 24.2. The predicted octanol–water partition coefficient (Wildman–Crippen LogP) is 3.91. The average molecular weight is 454 g/mol. The van der Waals surface area contributed by atoms with E-state index in [4.69, 9.17) is 9.47 Å². The van der Waals surface area contributed by atoms with E-state index in [-0.39, 0.29) is 11.5 Å². The molecule has 0 aliphatic rings. The molecule has 2 aromatic carbocycles. The molecule has 170 valence electrons. The highest BCUT2D eigenvalue weighted by Gasteiger charge is 2.36. The number of carbonyl (C=O) groups is 2. The zero-order chi connectivity index (χ0) is 24.1. The van der Waals surface area contributed by atoms with Gasteiger partial charge < -0.3 is 19.9 Å². The van der Waals surface area contributed by atoms with Gasteiger partial charge in [0.25, 0.3) is 11.6 Å². The van der Waals surface area contributed by atoms with Crippen LogP contribution >= 0.6 is 0 Å². The molecule has 0 radical (unpaired) electrons. The number of hydrogen-bond donors (Lipinski definition) is 2. The molecule has 0 saturated heterocycles.